The van der Waals surface area contributed by atoms with Crippen LogP contribution in [0, 0.1) is 0 Å². The maximum atomic E-state index is 6.43. The van der Waals surface area contributed by atoms with E-state index in [0.29, 0.717) is 42.1 Å². The Labute approximate surface area is 224 Å². The van der Waals surface area contributed by atoms with Gasteiger partial charge in [0.25, 0.3) is 0 Å². The van der Waals surface area contributed by atoms with Gasteiger partial charge in [0, 0.05) is 43.0 Å². The first-order valence-electron chi connectivity index (χ1n) is 12.5. The van der Waals surface area contributed by atoms with Gasteiger partial charge in [-0.05, 0) is 39.9 Å². The minimum absolute atomic E-state index is 0.292. The number of allylic oxidation sites excluding steroid dienone is 1. The highest BCUT2D eigenvalue weighted by atomic mass is 16.5. The number of hydrogen-bond donors (Lipinski definition) is 2. The van der Waals surface area contributed by atoms with Crippen molar-refractivity contribution in [1.29, 1.82) is 0 Å². The molecule has 3 aromatic rings. The molecule has 1 fully saturated rings. The fraction of sp³-hybridized carbons (Fsp3) is 0.321. The highest BCUT2D eigenvalue weighted by Gasteiger charge is 2.18. The van der Waals surface area contributed by atoms with Gasteiger partial charge in [-0.2, -0.15) is 10.1 Å². The number of nitrogens with one attached hydrogen (secondary N) is 1. The summed E-state index contributed by atoms with van der Waals surface area (Å²) in [4.78, 5) is 13.2. The third kappa shape index (κ3) is 6.21. The van der Waals surface area contributed by atoms with Gasteiger partial charge in [-0.1, -0.05) is 30.3 Å². The molecule has 0 radical (unpaired) electrons. The molecule has 1 aliphatic heterocycles. The van der Waals surface area contributed by atoms with Gasteiger partial charge < -0.3 is 30.3 Å². The Balaban J connectivity index is 1.64. The molecule has 1 aliphatic rings. The Morgan fingerprint density at radius 3 is 2.61 bits per heavy atom. The molecule has 0 unspecified atom stereocenters. The van der Waals surface area contributed by atoms with Crippen LogP contribution in [0.3, 0.4) is 0 Å². The number of methoxy groups -OCH3 is 1. The number of benzene rings is 2. The summed E-state index contributed by atoms with van der Waals surface area (Å²) in [7, 11) is 5.69. The van der Waals surface area contributed by atoms with Crippen LogP contribution in [0.4, 0.5) is 17.1 Å². The van der Waals surface area contributed by atoms with E-state index >= 15 is 0 Å². The van der Waals surface area contributed by atoms with E-state index in [0.717, 1.165) is 42.1 Å². The SMILES string of the molecule is C=NC(=N/C(=C\C)n1cc(CN(C)C)c(-c2ccccc2)n1)Nc1cc(N)c(N2CCOCC2)cc1OC. The summed E-state index contributed by atoms with van der Waals surface area (Å²) in [5.41, 5.74) is 11.6. The normalized spacial score (nSPS) is 14.6. The molecule has 10 nitrogen and oxygen atoms in total. The highest BCUT2D eigenvalue weighted by Crippen LogP contribution is 2.36. The molecule has 0 spiro atoms. The minimum Gasteiger partial charge on any atom is -0.494 e. The average molecular weight is 517 g/mol. The largest absolute Gasteiger partial charge is 0.494 e. The van der Waals surface area contributed by atoms with Crippen molar-refractivity contribution in [3.8, 4) is 17.0 Å². The van der Waals surface area contributed by atoms with Crippen molar-refractivity contribution in [3.05, 3.63) is 60.3 Å². The number of morpholine rings is 1. The van der Waals surface area contributed by atoms with E-state index in [1.54, 1.807) is 11.8 Å². The van der Waals surface area contributed by atoms with Crippen LogP contribution >= 0.6 is 0 Å². The van der Waals surface area contributed by atoms with Crippen LogP contribution in [0.15, 0.2) is 64.7 Å². The van der Waals surface area contributed by atoms with Gasteiger partial charge in [0.2, 0.25) is 5.96 Å². The van der Waals surface area contributed by atoms with Crippen molar-refractivity contribution in [2.75, 3.05) is 63.5 Å². The molecule has 2 heterocycles. The minimum atomic E-state index is 0.292. The molecular weight excluding hydrogens is 480 g/mol. The smallest absolute Gasteiger partial charge is 0.228 e. The summed E-state index contributed by atoms with van der Waals surface area (Å²) in [5.74, 6) is 1.51. The van der Waals surface area contributed by atoms with Gasteiger partial charge in [-0.25, -0.2) is 9.67 Å². The Bertz CT molecular complexity index is 1310. The highest BCUT2D eigenvalue weighted by molar-refractivity contribution is 6.00. The van der Waals surface area contributed by atoms with E-state index in [4.69, 9.17) is 25.3 Å². The molecule has 2 aromatic carbocycles. The number of anilines is 3. The third-order valence-corrected chi connectivity index (χ3v) is 6.13. The van der Waals surface area contributed by atoms with Gasteiger partial charge in [-0.15, -0.1) is 0 Å². The molecule has 0 aliphatic carbocycles. The first-order valence-corrected chi connectivity index (χ1v) is 12.5. The molecule has 3 N–H and O–H groups in total. The fourth-order valence-electron chi connectivity index (χ4n) is 4.33. The molecule has 1 saturated heterocycles. The molecule has 200 valence electrons. The Morgan fingerprint density at radius 2 is 1.97 bits per heavy atom. The maximum Gasteiger partial charge on any atom is 0.228 e. The van der Waals surface area contributed by atoms with Crippen molar-refractivity contribution in [2.24, 2.45) is 9.98 Å². The molecule has 0 atom stereocenters. The number of guanidine groups is 1. The van der Waals surface area contributed by atoms with Crippen LogP contribution in [0.2, 0.25) is 0 Å². The summed E-state index contributed by atoms with van der Waals surface area (Å²) < 4.78 is 12.9. The van der Waals surface area contributed by atoms with E-state index in [1.165, 1.54) is 0 Å². The first-order chi connectivity index (χ1) is 18.4. The average Bonchev–Trinajstić information content (AvgIpc) is 3.34. The number of aliphatic imine (C=N–C) groups is 2. The van der Waals surface area contributed by atoms with Crippen molar-refractivity contribution >= 4 is 35.6 Å². The predicted molar refractivity (Wildman–Crippen MR) is 156 cm³/mol. The zero-order valence-electron chi connectivity index (χ0n) is 22.5. The molecule has 0 bridgehead atoms. The topological polar surface area (TPSA) is 106 Å². The summed E-state index contributed by atoms with van der Waals surface area (Å²) in [5, 5.41) is 8.10. The zero-order chi connectivity index (χ0) is 27.1. The van der Waals surface area contributed by atoms with Crippen LogP contribution in [-0.4, -0.2) is 74.9 Å². The number of aromatic nitrogens is 2. The Kier molecular flexibility index (Phi) is 8.77. The number of nitrogen functional groups attached to an aromatic ring is 1. The van der Waals surface area contributed by atoms with Crippen molar-refractivity contribution in [1.82, 2.24) is 14.7 Å². The van der Waals surface area contributed by atoms with Crippen LogP contribution < -0.4 is 20.7 Å². The lowest BCUT2D eigenvalue weighted by Crippen LogP contribution is -2.36. The van der Waals surface area contributed by atoms with Crippen LogP contribution in [0.1, 0.15) is 12.5 Å². The number of rotatable bonds is 8. The molecule has 0 amide bonds. The Hall–Kier alpha value is -4.15. The second-order valence-corrected chi connectivity index (χ2v) is 9.13. The second kappa shape index (κ2) is 12.4. The lowest BCUT2D eigenvalue weighted by Gasteiger charge is -2.30. The van der Waals surface area contributed by atoms with Crippen molar-refractivity contribution in [2.45, 2.75) is 13.5 Å². The number of ether oxygens (including phenoxy) is 2. The standard InChI is InChI=1S/C28H36N8O2/c1-6-26(36-19-21(18-34(3)4)27(33-36)20-10-8-7-9-11-20)32-28(30-2)31-23-16-22(29)24(17-25(23)37-5)35-12-14-38-15-13-35/h6-11,16-17,19H,2,12-15,18,29H2,1,3-5H3,(H,31,32)/b26-6+. The summed E-state index contributed by atoms with van der Waals surface area (Å²) in [6, 6.07) is 13.9. The first kappa shape index (κ1) is 26.9. The summed E-state index contributed by atoms with van der Waals surface area (Å²) in [6.45, 7) is 9.24. The molecule has 4 rings (SSSR count). The summed E-state index contributed by atoms with van der Waals surface area (Å²) in [6.07, 6.45) is 3.87. The van der Waals surface area contributed by atoms with Crippen molar-refractivity contribution < 1.29 is 9.47 Å². The summed E-state index contributed by atoms with van der Waals surface area (Å²) >= 11 is 0. The lowest BCUT2D eigenvalue weighted by molar-refractivity contribution is 0.123. The van der Waals surface area contributed by atoms with Crippen LogP contribution in [0.5, 0.6) is 5.75 Å². The third-order valence-electron chi connectivity index (χ3n) is 6.13. The predicted octanol–water partition coefficient (Wildman–Crippen LogP) is 4.03. The number of hydrogen-bond acceptors (Lipinski definition) is 7. The molecule has 0 saturated carbocycles. The van der Waals surface area contributed by atoms with Gasteiger partial charge in [0.15, 0.2) is 5.82 Å². The van der Waals surface area contributed by atoms with E-state index in [2.05, 4.69) is 39.0 Å². The quantitative estimate of drug-likeness (QED) is 0.265. The van der Waals surface area contributed by atoms with Gasteiger partial charge in [-0.3, -0.25) is 0 Å². The number of nitrogens with two attached hydrogens (primary N) is 1. The van der Waals surface area contributed by atoms with E-state index in [-0.39, 0.29) is 0 Å². The van der Waals surface area contributed by atoms with Gasteiger partial charge in [0.05, 0.1) is 43.1 Å². The van der Waals surface area contributed by atoms with Gasteiger partial charge in [0.1, 0.15) is 5.75 Å². The lowest BCUT2D eigenvalue weighted by atomic mass is 10.1. The van der Waals surface area contributed by atoms with E-state index < -0.39 is 0 Å². The fourth-order valence-corrected chi connectivity index (χ4v) is 4.33. The molecule has 10 heteroatoms. The maximum absolute atomic E-state index is 6.43. The van der Waals surface area contributed by atoms with Crippen LogP contribution in [0.25, 0.3) is 17.1 Å². The van der Waals surface area contributed by atoms with E-state index in [1.807, 2.05) is 63.6 Å². The molecule has 38 heavy (non-hydrogen) atoms. The second-order valence-electron chi connectivity index (χ2n) is 9.13. The molecular formula is C28H36N8O2. The molecule has 1 aromatic heterocycles. The van der Waals surface area contributed by atoms with Crippen LogP contribution in [-0.2, 0) is 11.3 Å². The Morgan fingerprint density at radius 1 is 1.24 bits per heavy atom. The van der Waals surface area contributed by atoms with Gasteiger partial charge >= 0.3 is 0 Å². The monoisotopic (exact) mass is 516 g/mol. The van der Waals surface area contributed by atoms with E-state index in [9.17, 15) is 0 Å². The zero-order valence-corrected chi connectivity index (χ0v) is 22.5. The van der Waals surface area contributed by atoms with Crippen molar-refractivity contribution in [3.63, 3.8) is 0 Å². The number of nitrogens with zero attached hydrogens (tertiary/aromatic N) is 6.